The van der Waals surface area contributed by atoms with E-state index < -0.39 is 0 Å². The van der Waals surface area contributed by atoms with Gasteiger partial charge in [-0.3, -0.25) is 0 Å². The van der Waals surface area contributed by atoms with Crippen LogP contribution in [0.25, 0.3) is 0 Å². The normalized spacial score (nSPS) is 9.65. The number of anilines is 1. The lowest BCUT2D eigenvalue weighted by atomic mass is 10.2. The first-order valence-corrected chi connectivity index (χ1v) is 5.42. The first-order valence-electron chi connectivity index (χ1n) is 5.42. The monoisotopic (exact) mass is 225 g/mol. The Bertz CT molecular complexity index is 468. The number of benzene rings is 2. The topological polar surface area (TPSA) is 43.2 Å². The molecule has 0 aliphatic heterocycles. The summed E-state index contributed by atoms with van der Waals surface area (Å²) in [6.07, 6.45) is 0. The van der Waals surface area contributed by atoms with Gasteiger partial charge in [-0.25, -0.2) is 10.1 Å². The van der Waals surface area contributed by atoms with Crippen LogP contribution in [0.1, 0.15) is 5.56 Å². The Balaban J connectivity index is 1.83. The Hall–Kier alpha value is -2.29. The molecule has 3 nitrogen and oxygen atoms in total. The predicted octanol–water partition coefficient (Wildman–Crippen LogP) is 3.02. The fraction of sp³-hybridized carbons (Fsp3) is 0.0714. The van der Waals surface area contributed by atoms with Gasteiger partial charge < -0.3 is 5.32 Å². The number of amides is 2. The Morgan fingerprint density at radius 1 is 0.941 bits per heavy atom. The van der Waals surface area contributed by atoms with Crippen LogP contribution >= 0.6 is 0 Å². The number of urea groups is 1. The summed E-state index contributed by atoms with van der Waals surface area (Å²) in [5.41, 5.74) is 1.78. The van der Waals surface area contributed by atoms with Gasteiger partial charge in [0.25, 0.3) is 0 Å². The summed E-state index contributed by atoms with van der Waals surface area (Å²) in [5.74, 6) is 0. The van der Waals surface area contributed by atoms with Gasteiger partial charge in [0.15, 0.2) is 0 Å². The van der Waals surface area contributed by atoms with Gasteiger partial charge in [0.1, 0.15) is 0 Å². The number of nitrogens with zero attached hydrogens (tertiary/aromatic N) is 1. The maximum absolute atomic E-state index is 11.5. The number of rotatable bonds is 3. The fourth-order valence-electron chi connectivity index (χ4n) is 1.43. The van der Waals surface area contributed by atoms with Gasteiger partial charge in [-0.2, -0.15) is 0 Å². The summed E-state index contributed by atoms with van der Waals surface area (Å²) in [6.45, 7) is 0.402. The Morgan fingerprint density at radius 3 is 2.18 bits per heavy atom. The highest BCUT2D eigenvalue weighted by Gasteiger charge is 2.02. The molecule has 17 heavy (non-hydrogen) atoms. The molecule has 0 aromatic heterocycles. The first-order chi connectivity index (χ1) is 8.34. The highest BCUT2D eigenvalue weighted by molar-refractivity contribution is 5.88. The molecule has 1 radical (unpaired) electrons. The second-order valence-electron chi connectivity index (χ2n) is 3.60. The molecule has 0 atom stereocenters. The van der Waals surface area contributed by atoms with Crippen LogP contribution in [-0.2, 0) is 6.54 Å². The second-order valence-corrected chi connectivity index (χ2v) is 3.60. The molecular weight excluding hydrogens is 212 g/mol. The molecule has 0 bridgehead atoms. The minimum atomic E-state index is -0.319. The summed E-state index contributed by atoms with van der Waals surface area (Å²) in [4.78, 5) is 11.5. The molecule has 2 aromatic rings. The molecule has 0 saturated carbocycles. The number of carbonyl (C=O) groups is 1. The van der Waals surface area contributed by atoms with Crippen molar-refractivity contribution in [1.29, 1.82) is 0 Å². The molecule has 0 spiro atoms. The maximum atomic E-state index is 11.5. The molecule has 2 aromatic carbocycles. The molecular formula is C14H13N2O. The molecule has 1 N–H and O–H groups in total. The van der Waals surface area contributed by atoms with Crippen LogP contribution in [-0.4, -0.2) is 6.03 Å². The summed E-state index contributed by atoms with van der Waals surface area (Å²) < 4.78 is 0. The van der Waals surface area contributed by atoms with E-state index in [-0.39, 0.29) is 6.03 Å². The van der Waals surface area contributed by atoms with Crippen molar-refractivity contribution < 1.29 is 4.79 Å². The van der Waals surface area contributed by atoms with Gasteiger partial charge >= 0.3 is 6.03 Å². The van der Waals surface area contributed by atoms with Crippen molar-refractivity contribution >= 4 is 11.7 Å². The van der Waals surface area contributed by atoms with Crippen molar-refractivity contribution in [1.82, 2.24) is 5.32 Å². The van der Waals surface area contributed by atoms with Crippen LogP contribution in [0, 0.1) is 0 Å². The highest BCUT2D eigenvalue weighted by atomic mass is 16.2. The van der Waals surface area contributed by atoms with Gasteiger partial charge in [-0.1, -0.05) is 48.5 Å². The van der Waals surface area contributed by atoms with E-state index in [1.54, 1.807) is 0 Å². The second kappa shape index (κ2) is 5.70. The molecule has 0 saturated heterocycles. The van der Waals surface area contributed by atoms with Crippen LogP contribution in [0.15, 0.2) is 60.7 Å². The molecule has 2 rings (SSSR count). The van der Waals surface area contributed by atoms with E-state index in [1.165, 1.54) is 0 Å². The third kappa shape index (κ3) is 3.65. The van der Waals surface area contributed by atoms with Gasteiger partial charge in [0.05, 0.1) is 6.54 Å². The van der Waals surface area contributed by atoms with Crippen LogP contribution in [0.2, 0.25) is 0 Å². The van der Waals surface area contributed by atoms with Crippen LogP contribution < -0.4 is 10.6 Å². The summed E-state index contributed by atoms with van der Waals surface area (Å²) in [7, 11) is 0. The lowest BCUT2D eigenvalue weighted by Gasteiger charge is -2.04. The average molecular weight is 225 g/mol. The van der Waals surface area contributed by atoms with E-state index in [2.05, 4.69) is 10.6 Å². The zero-order chi connectivity index (χ0) is 11.9. The molecule has 2 amide bonds. The summed E-state index contributed by atoms with van der Waals surface area (Å²) in [6, 6.07) is 18.7. The molecule has 0 aliphatic carbocycles. The SMILES string of the molecule is O=C([N]Cc1ccccc1)Nc1ccccc1. The Labute approximate surface area is 100 Å². The minimum absolute atomic E-state index is 0.319. The zero-order valence-electron chi connectivity index (χ0n) is 9.34. The molecule has 0 aliphatic rings. The third-order valence-corrected chi connectivity index (χ3v) is 2.27. The Morgan fingerprint density at radius 2 is 1.53 bits per heavy atom. The van der Waals surface area contributed by atoms with Crippen LogP contribution in [0.5, 0.6) is 0 Å². The number of para-hydroxylation sites is 1. The predicted molar refractivity (Wildman–Crippen MR) is 67.7 cm³/mol. The molecule has 85 valence electrons. The van der Waals surface area contributed by atoms with Gasteiger partial charge in [-0.05, 0) is 17.7 Å². The number of nitrogens with one attached hydrogen (secondary N) is 1. The lowest BCUT2D eigenvalue weighted by Crippen LogP contribution is -2.21. The summed E-state index contributed by atoms with van der Waals surface area (Å²) >= 11 is 0. The van der Waals surface area contributed by atoms with Crippen molar-refractivity contribution in [3.63, 3.8) is 0 Å². The van der Waals surface area contributed by atoms with Crippen molar-refractivity contribution in [3.8, 4) is 0 Å². The standard InChI is InChI=1S/C14H13N2O/c17-14(16-13-9-5-2-6-10-13)15-11-12-7-3-1-4-8-12/h1-10H,11H2,(H,16,17). The van der Waals surface area contributed by atoms with E-state index in [9.17, 15) is 4.79 Å². The largest absolute Gasteiger partial charge is 0.341 e. The fourth-order valence-corrected chi connectivity index (χ4v) is 1.43. The van der Waals surface area contributed by atoms with Crippen molar-refractivity contribution in [2.75, 3.05) is 5.32 Å². The smallest absolute Gasteiger partial charge is 0.306 e. The van der Waals surface area contributed by atoms with Gasteiger partial charge in [0.2, 0.25) is 0 Å². The van der Waals surface area contributed by atoms with Gasteiger partial charge in [0, 0.05) is 5.69 Å². The van der Waals surface area contributed by atoms with Crippen molar-refractivity contribution in [3.05, 3.63) is 66.2 Å². The number of hydrogen-bond acceptors (Lipinski definition) is 1. The van der Waals surface area contributed by atoms with E-state index in [0.29, 0.717) is 6.54 Å². The lowest BCUT2D eigenvalue weighted by molar-refractivity contribution is 0.251. The van der Waals surface area contributed by atoms with E-state index >= 15 is 0 Å². The summed E-state index contributed by atoms with van der Waals surface area (Å²) in [5, 5.41) is 6.65. The van der Waals surface area contributed by atoms with Crippen LogP contribution in [0.4, 0.5) is 10.5 Å². The maximum Gasteiger partial charge on any atom is 0.341 e. The first kappa shape index (κ1) is 11.2. The highest BCUT2D eigenvalue weighted by Crippen LogP contribution is 2.05. The van der Waals surface area contributed by atoms with E-state index in [1.807, 2.05) is 60.7 Å². The van der Waals surface area contributed by atoms with Gasteiger partial charge in [-0.15, -0.1) is 0 Å². The van der Waals surface area contributed by atoms with E-state index in [0.717, 1.165) is 11.3 Å². The molecule has 3 heteroatoms. The Kier molecular flexibility index (Phi) is 3.76. The molecule has 0 fully saturated rings. The average Bonchev–Trinajstić information content (AvgIpc) is 2.39. The minimum Gasteiger partial charge on any atom is -0.306 e. The molecule has 0 heterocycles. The number of hydrogen-bond donors (Lipinski definition) is 1. The van der Waals surface area contributed by atoms with Crippen LogP contribution in [0.3, 0.4) is 0 Å². The quantitative estimate of drug-likeness (QED) is 0.857. The number of carbonyl (C=O) groups excluding carboxylic acids is 1. The molecule has 0 unspecified atom stereocenters. The third-order valence-electron chi connectivity index (χ3n) is 2.27. The van der Waals surface area contributed by atoms with Crippen molar-refractivity contribution in [2.45, 2.75) is 6.54 Å². The zero-order valence-corrected chi connectivity index (χ0v) is 9.34. The van der Waals surface area contributed by atoms with E-state index in [4.69, 9.17) is 0 Å². The van der Waals surface area contributed by atoms with Crippen molar-refractivity contribution in [2.24, 2.45) is 0 Å².